The summed E-state index contributed by atoms with van der Waals surface area (Å²) in [5.41, 5.74) is 3.11. The predicted molar refractivity (Wildman–Crippen MR) is 101 cm³/mol. The van der Waals surface area contributed by atoms with Gasteiger partial charge in [-0.2, -0.15) is 0 Å². The summed E-state index contributed by atoms with van der Waals surface area (Å²) in [6.07, 6.45) is 4.18. The number of para-hydroxylation sites is 1. The second-order valence-corrected chi connectivity index (χ2v) is 6.92. The molecule has 0 unspecified atom stereocenters. The maximum atomic E-state index is 10.5. The molecule has 26 heavy (non-hydrogen) atoms. The van der Waals surface area contributed by atoms with Crippen LogP contribution < -0.4 is 4.74 Å². The summed E-state index contributed by atoms with van der Waals surface area (Å²) in [5, 5.41) is 11.5. The molecule has 1 N–H and O–H groups in total. The van der Waals surface area contributed by atoms with Crippen LogP contribution in [0.2, 0.25) is 0 Å². The molecule has 3 aromatic rings. The second-order valence-electron chi connectivity index (χ2n) is 6.92. The molecule has 1 aliphatic heterocycles. The number of hydrogen-bond donors (Lipinski definition) is 1. The molecule has 0 spiro atoms. The highest BCUT2D eigenvalue weighted by atomic mass is 16.5. The molecule has 2 atom stereocenters. The molecule has 134 valence electrons. The Morgan fingerprint density at radius 2 is 1.96 bits per heavy atom. The van der Waals surface area contributed by atoms with Gasteiger partial charge in [-0.05, 0) is 36.2 Å². The fourth-order valence-electron chi connectivity index (χ4n) is 3.73. The van der Waals surface area contributed by atoms with Gasteiger partial charge in [-0.3, -0.25) is 9.88 Å². The van der Waals surface area contributed by atoms with Crippen LogP contribution in [0.4, 0.5) is 0 Å². The van der Waals surface area contributed by atoms with E-state index in [2.05, 4.69) is 22.0 Å². The smallest absolute Gasteiger partial charge is 0.145 e. The second kappa shape index (κ2) is 7.40. The lowest BCUT2D eigenvalue weighted by Crippen LogP contribution is -2.22. The highest BCUT2D eigenvalue weighted by Crippen LogP contribution is 2.26. The number of likely N-dealkylation sites (tertiary alicyclic amines) is 1. The van der Waals surface area contributed by atoms with Crippen LogP contribution in [0.25, 0.3) is 10.9 Å². The number of methoxy groups -OCH3 is 1. The number of aliphatic hydroxyl groups is 1. The number of β-amino-alcohol motifs (C(OH)–C–C–N with tert-alkyl or cyclic N) is 1. The molecule has 1 aromatic carbocycles. The van der Waals surface area contributed by atoms with Crippen molar-refractivity contribution in [2.24, 2.45) is 5.92 Å². The Hall–Kier alpha value is -2.50. The van der Waals surface area contributed by atoms with Gasteiger partial charge in [0, 0.05) is 43.3 Å². The lowest BCUT2D eigenvalue weighted by atomic mass is 9.97. The van der Waals surface area contributed by atoms with Crippen LogP contribution in [0.5, 0.6) is 5.75 Å². The van der Waals surface area contributed by atoms with Gasteiger partial charge in [0.1, 0.15) is 11.3 Å². The number of pyridine rings is 2. The highest BCUT2D eigenvalue weighted by molar-refractivity contribution is 5.84. The highest BCUT2D eigenvalue weighted by Gasteiger charge is 2.31. The minimum absolute atomic E-state index is 0.243. The molecule has 1 fully saturated rings. The first-order valence-corrected chi connectivity index (χ1v) is 8.95. The zero-order chi connectivity index (χ0) is 17.9. The van der Waals surface area contributed by atoms with Crippen LogP contribution in [0.3, 0.4) is 0 Å². The minimum Gasteiger partial charge on any atom is -0.494 e. The van der Waals surface area contributed by atoms with Gasteiger partial charge in [-0.15, -0.1) is 0 Å². The summed E-state index contributed by atoms with van der Waals surface area (Å²) < 4.78 is 5.43. The van der Waals surface area contributed by atoms with E-state index in [1.807, 2.05) is 30.3 Å². The van der Waals surface area contributed by atoms with E-state index in [1.165, 1.54) is 5.56 Å². The van der Waals surface area contributed by atoms with Crippen molar-refractivity contribution in [2.75, 3.05) is 20.2 Å². The van der Waals surface area contributed by atoms with E-state index in [0.717, 1.165) is 41.9 Å². The first kappa shape index (κ1) is 16.9. The summed E-state index contributed by atoms with van der Waals surface area (Å²) in [5.74, 6) is 1.04. The summed E-state index contributed by atoms with van der Waals surface area (Å²) in [6, 6.07) is 14.1. The first-order chi connectivity index (χ1) is 12.7. The zero-order valence-electron chi connectivity index (χ0n) is 14.9. The molecule has 5 nitrogen and oxygen atoms in total. The fraction of sp³-hybridized carbons (Fsp3) is 0.333. The quantitative estimate of drug-likeness (QED) is 0.767. The van der Waals surface area contributed by atoms with E-state index in [9.17, 15) is 5.11 Å². The zero-order valence-corrected chi connectivity index (χ0v) is 14.9. The Kier molecular flexibility index (Phi) is 4.82. The first-order valence-electron chi connectivity index (χ1n) is 8.95. The van der Waals surface area contributed by atoms with Crippen molar-refractivity contribution in [2.45, 2.75) is 19.1 Å². The summed E-state index contributed by atoms with van der Waals surface area (Å²) in [7, 11) is 1.67. The summed E-state index contributed by atoms with van der Waals surface area (Å²) in [4.78, 5) is 11.1. The number of fused-ring (bicyclic) bond motifs is 1. The van der Waals surface area contributed by atoms with Gasteiger partial charge in [0.25, 0.3) is 0 Å². The minimum atomic E-state index is -0.307. The van der Waals surface area contributed by atoms with Crippen molar-refractivity contribution < 1.29 is 9.84 Å². The molecule has 2 aromatic heterocycles. The maximum absolute atomic E-state index is 10.5. The Balaban J connectivity index is 1.47. The van der Waals surface area contributed by atoms with Crippen LogP contribution in [-0.4, -0.2) is 46.3 Å². The molecule has 3 heterocycles. The number of benzene rings is 1. The van der Waals surface area contributed by atoms with Crippen LogP contribution in [-0.2, 0) is 13.0 Å². The van der Waals surface area contributed by atoms with Gasteiger partial charge in [0.15, 0.2) is 0 Å². The van der Waals surface area contributed by atoms with Crippen molar-refractivity contribution in [3.63, 3.8) is 0 Å². The van der Waals surface area contributed by atoms with Gasteiger partial charge in [0.05, 0.1) is 18.9 Å². The number of rotatable bonds is 5. The number of hydrogen-bond acceptors (Lipinski definition) is 5. The molecule has 5 heteroatoms. The number of nitrogens with zero attached hydrogens (tertiary/aromatic N) is 3. The predicted octanol–water partition coefficient (Wildman–Crippen LogP) is 2.67. The van der Waals surface area contributed by atoms with Gasteiger partial charge in [-0.25, -0.2) is 4.98 Å². The largest absolute Gasteiger partial charge is 0.494 e. The molecule has 0 radical (unpaired) electrons. The lowest BCUT2D eigenvalue weighted by molar-refractivity contribution is 0.141. The third kappa shape index (κ3) is 3.54. The van der Waals surface area contributed by atoms with Gasteiger partial charge >= 0.3 is 0 Å². The molecule has 0 amide bonds. The summed E-state index contributed by atoms with van der Waals surface area (Å²) in [6.45, 7) is 2.29. The van der Waals surface area contributed by atoms with Gasteiger partial charge in [-0.1, -0.05) is 18.2 Å². The van der Waals surface area contributed by atoms with E-state index < -0.39 is 0 Å². The lowest BCUT2D eigenvalue weighted by Gasteiger charge is -2.16. The third-order valence-electron chi connectivity index (χ3n) is 5.08. The molecule has 0 saturated carbocycles. The van der Waals surface area contributed by atoms with Crippen molar-refractivity contribution in [1.82, 2.24) is 14.9 Å². The molecular weight excluding hydrogens is 326 g/mol. The maximum Gasteiger partial charge on any atom is 0.145 e. The van der Waals surface area contributed by atoms with Crippen molar-refractivity contribution >= 4 is 10.9 Å². The van der Waals surface area contributed by atoms with Crippen LogP contribution in [0.1, 0.15) is 11.3 Å². The average Bonchev–Trinajstić information content (AvgIpc) is 3.01. The standard InChI is InChI=1S/C21H23N3O2/c1-26-20-4-2-3-16-5-6-18(23-21(16)20)13-24-12-17(19(25)14-24)11-15-7-9-22-10-8-15/h2-10,17,19,25H,11-14H2,1H3/t17-,19-/m1/s1. The van der Waals surface area contributed by atoms with Crippen LogP contribution in [0, 0.1) is 5.92 Å². The van der Waals surface area contributed by atoms with Gasteiger partial charge < -0.3 is 9.84 Å². The van der Waals surface area contributed by atoms with Crippen LogP contribution in [0.15, 0.2) is 54.9 Å². The van der Waals surface area contributed by atoms with E-state index >= 15 is 0 Å². The number of aromatic nitrogens is 2. The fourth-order valence-corrected chi connectivity index (χ4v) is 3.73. The third-order valence-corrected chi connectivity index (χ3v) is 5.08. The van der Waals surface area contributed by atoms with Crippen molar-refractivity contribution in [3.05, 3.63) is 66.1 Å². The van der Waals surface area contributed by atoms with E-state index in [-0.39, 0.29) is 12.0 Å². The van der Waals surface area contributed by atoms with E-state index in [1.54, 1.807) is 19.5 Å². The molecule has 1 saturated heterocycles. The molecule has 4 rings (SSSR count). The molecule has 0 aliphatic carbocycles. The Bertz CT molecular complexity index is 885. The SMILES string of the molecule is COc1cccc2ccc(CN3C[C@@H](Cc4ccncc4)[C@H](O)C3)nc12. The Morgan fingerprint density at radius 1 is 1.12 bits per heavy atom. The molecular formula is C21H23N3O2. The molecule has 1 aliphatic rings. The Labute approximate surface area is 153 Å². The van der Waals surface area contributed by atoms with E-state index in [0.29, 0.717) is 6.54 Å². The summed E-state index contributed by atoms with van der Waals surface area (Å²) >= 11 is 0. The monoisotopic (exact) mass is 349 g/mol. The van der Waals surface area contributed by atoms with Crippen LogP contribution >= 0.6 is 0 Å². The van der Waals surface area contributed by atoms with E-state index in [4.69, 9.17) is 9.72 Å². The van der Waals surface area contributed by atoms with Gasteiger partial charge in [0.2, 0.25) is 0 Å². The Morgan fingerprint density at radius 3 is 2.77 bits per heavy atom. The number of ether oxygens (including phenoxy) is 1. The van der Waals surface area contributed by atoms with Crippen molar-refractivity contribution in [1.29, 1.82) is 0 Å². The number of aliphatic hydroxyl groups excluding tert-OH is 1. The topological polar surface area (TPSA) is 58.5 Å². The average molecular weight is 349 g/mol. The normalized spacial score (nSPS) is 20.5. The van der Waals surface area contributed by atoms with Crippen molar-refractivity contribution in [3.8, 4) is 5.75 Å². The molecule has 0 bridgehead atoms.